The monoisotopic (exact) mass is 344 g/mol. The average molecular weight is 344 g/mol. The van der Waals surface area contributed by atoms with Crippen LogP contribution in [0.2, 0.25) is 0 Å². The zero-order chi connectivity index (χ0) is 17.3. The first-order valence-electron chi connectivity index (χ1n) is 10.3. The van der Waals surface area contributed by atoms with Crippen LogP contribution in [0.15, 0.2) is 18.2 Å². The van der Waals surface area contributed by atoms with Gasteiger partial charge in [0.2, 0.25) is 6.29 Å². The molecule has 0 saturated heterocycles. The predicted molar refractivity (Wildman–Crippen MR) is 98.6 cm³/mol. The zero-order valence-electron chi connectivity index (χ0n) is 15.5. The summed E-state index contributed by atoms with van der Waals surface area (Å²) in [6.07, 6.45) is 12.3. The summed E-state index contributed by atoms with van der Waals surface area (Å²) in [5, 5.41) is 9.86. The maximum absolute atomic E-state index is 9.86. The molecule has 3 aliphatic rings. The Labute approximate surface area is 151 Å². The van der Waals surface area contributed by atoms with Gasteiger partial charge in [0.1, 0.15) is 18.0 Å². The topological polar surface area (TPSA) is 38.7 Å². The van der Waals surface area contributed by atoms with Crippen LogP contribution in [-0.4, -0.2) is 18.0 Å². The number of benzene rings is 1. The van der Waals surface area contributed by atoms with Gasteiger partial charge in [0.15, 0.2) is 0 Å². The Balaban J connectivity index is 1.86. The largest absolute Gasteiger partial charge is 0.462 e. The summed E-state index contributed by atoms with van der Waals surface area (Å²) < 4.78 is 12.8. The Hall–Kier alpha value is -1.06. The molecule has 3 heteroatoms. The molecule has 2 fully saturated rings. The van der Waals surface area contributed by atoms with Gasteiger partial charge in [-0.2, -0.15) is 0 Å². The lowest BCUT2D eigenvalue weighted by Crippen LogP contribution is -2.53. The van der Waals surface area contributed by atoms with Crippen LogP contribution in [0.5, 0.6) is 5.75 Å². The smallest absolute Gasteiger partial charge is 0.224 e. The molecule has 0 spiro atoms. The molecule has 2 aliphatic carbocycles. The summed E-state index contributed by atoms with van der Waals surface area (Å²) >= 11 is 0. The molecule has 1 aromatic rings. The minimum Gasteiger partial charge on any atom is -0.462 e. The second kappa shape index (κ2) is 7.28. The first-order valence-corrected chi connectivity index (χ1v) is 10.3. The van der Waals surface area contributed by atoms with Gasteiger partial charge < -0.3 is 14.6 Å². The number of aliphatic hydroxyl groups excluding tert-OH is 1. The third-order valence-corrected chi connectivity index (χ3v) is 6.78. The van der Waals surface area contributed by atoms with Crippen LogP contribution in [0.4, 0.5) is 0 Å². The average Bonchev–Trinajstić information content (AvgIpc) is 2.68. The highest BCUT2D eigenvalue weighted by atomic mass is 16.7. The third kappa shape index (κ3) is 3.00. The lowest BCUT2D eigenvalue weighted by Gasteiger charge is -2.53. The van der Waals surface area contributed by atoms with Crippen LogP contribution >= 0.6 is 0 Å². The van der Waals surface area contributed by atoms with Crippen molar-refractivity contribution in [2.24, 2.45) is 11.8 Å². The van der Waals surface area contributed by atoms with Crippen LogP contribution in [-0.2, 0) is 10.3 Å². The normalized spacial score (nSPS) is 27.5. The van der Waals surface area contributed by atoms with E-state index in [0.717, 1.165) is 5.75 Å². The highest BCUT2D eigenvalue weighted by Gasteiger charge is 2.53. The fourth-order valence-electron chi connectivity index (χ4n) is 5.75. The number of fused-ring (bicyclic) bond motifs is 1. The molecule has 1 heterocycles. The van der Waals surface area contributed by atoms with Crippen LogP contribution in [0.3, 0.4) is 0 Å². The van der Waals surface area contributed by atoms with Gasteiger partial charge in [0.05, 0.1) is 0 Å². The summed E-state index contributed by atoms with van der Waals surface area (Å²) in [6, 6.07) is 6.35. The van der Waals surface area contributed by atoms with Crippen LogP contribution in [0.1, 0.15) is 75.3 Å². The van der Waals surface area contributed by atoms with Gasteiger partial charge >= 0.3 is 0 Å². The van der Waals surface area contributed by atoms with Crippen LogP contribution in [0.25, 0.3) is 0 Å². The van der Waals surface area contributed by atoms with Gasteiger partial charge in [-0.05, 0) is 56.1 Å². The quantitative estimate of drug-likeness (QED) is 0.831. The SMILES string of the molecule is Cc1cccc2c1C(C1CCCCC1)(C1CCCCC1)OC(CO)O2. The van der Waals surface area contributed by atoms with Gasteiger partial charge in [0, 0.05) is 5.56 Å². The molecule has 1 unspecified atom stereocenters. The molecule has 4 rings (SSSR count). The van der Waals surface area contributed by atoms with E-state index < -0.39 is 6.29 Å². The van der Waals surface area contributed by atoms with Crippen LogP contribution < -0.4 is 4.74 Å². The lowest BCUT2D eigenvalue weighted by atomic mass is 9.62. The van der Waals surface area contributed by atoms with Gasteiger partial charge in [-0.25, -0.2) is 0 Å². The molecule has 25 heavy (non-hydrogen) atoms. The fraction of sp³-hybridized carbons (Fsp3) is 0.727. The number of hydrogen-bond acceptors (Lipinski definition) is 3. The van der Waals surface area contributed by atoms with E-state index in [2.05, 4.69) is 25.1 Å². The minimum atomic E-state index is -0.529. The van der Waals surface area contributed by atoms with Crippen molar-refractivity contribution in [2.75, 3.05) is 6.61 Å². The van der Waals surface area contributed by atoms with Crippen molar-refractivity contribution in [2.45, 2.75) is 83.0 Å². The number of rotatable bonds is 3. The molecule has 2 saturated carbocycles. The Morgan fingerprint density at radius 3 is 2.12 bits per heavy atom. The van der Waals surface area contributed by atoms with Crippen molar-refractivity contribution in [1.29, 1.82) is 0 Å². The maximum Gasteiger partial charge on any atom is 0.224 e. The third-order valence-electron chi connectivity index (χ3n) is 6.78. The van der Waals surface area contributed by atoms with E-state index in [0.29, 0.717) is 11.8 Å². The highest BCUT2D eigenvalue weighted by Crippen LogP contribution is 2.56. The molecule has 3 nitrogen and oxygen atoms in total. The molecule has 1 N–H and O–H groups in total. The summed E-state index contributed by atoms with van der Waals surface area (Å²) in [7, 11) is 0. The molecule has 138 valence electrons. The van der Waals surface area contributed by atoms with Gasteiger partial charge in [0.25, 0.3) is 0 Å². The lowest BCUT2D eigenvalue weighted by molar-refractivity contribution is -0.259. The van der Waals surface area contributed by atoms with E-state index in [9.17, 15) is 5.11 Å². The number of ether oxygens (including phenoxy) is 2. The Morgan fingerprint density at radius 2 is 1.56 bits per heavy atom. The van der Waals surface area contributed by atoms with E-state index in [1.165, 1.54) is 75.3 Å². The van der Waals surface area contributed by atoms with E-state index in [1.807, 2.05) is 0 Å². The van der Waals surface area contributed by atoms with E-state index in [-0.39, 0.29) is 12.2 Å². The Morgan fingerprint density at radius 1 is 0.960 bits per heavy atom. The van der Waals surface area contributed by atoms with E-state index in [1.54, 1.807) is 0 Å². The molecule has 0 radical (unpaired) electrons. The summed E-state index contributed by atoms with van der Waals surface area (Å²) in [5.74, 6) is 2.03. The van der Waals surface area contributed by atoms with Crippen molar-refractivity contribution in [3.05, 3.63) is 29.3 Å². The van der Waals surface area contributed by atoms with E-state index >= 15 is 0 Å². The van der Waals surface area contributed by atoms with Gasteiger partial charge in [-0.15, -0.1) is 0 Å². The van der Waals surface area contributed by atoms with Crippen molar-refractivity contribution >= 4 is 0 Å². The van der Waals surface area contributed by atoms with Crippen molar-refractivity contribution in [1.82, 2.24) is 0 Å². The second-order valence-corrected chi connectivity index (χ2v) is 8.26. The fourth-order valence-corrected chi connectivity index (χ4v) is 5.75. The summed E-state index contributed by atoms with van der Waals surface area (Å²) in [4.78, 5) is 0. The molecule has 1 aliphatic heterocycles. The Bertz CT molecular complexity index is 567. The van der Waals surface area contributed by atoms with Crippen LogP contribution in [0, 0.1) is 18.8 Å². The first-order chi connectivity index (χ1) is 12.3. The highest BCUT2D eigenvalue weighted by molar-refractivity contribution is 5.46. The molecule has 1 aromatic carbocycles. The minimum absolute atomic E-state index is 0.0748. The standard InChI is InChI=1S/C22H32O3/c1-16-9-8-14-19-21(16)22(25-20(15-23)24-19,17-10-4-2-5-11-17)18-12-6-3-7-13-18/h8-9,14,17-18,20,23H,2-7,10-13,15H2,1H3. The van der Waals surface area contributed by atoms with Crippen molar-refractivity contribution in [3.63, 3.8) is 0 Å². The number of aliphatic hydroxyl groups is 1. The second-order valence-electron chi connectivity index (χ2n) is 8.26. The predicted octanol–water partition coefficient (Wildman–Crippen LogP) is 5.08. The summed E-state index contributed by atoms with van der Waals surface area (Å²) in [5.41, 5.74) is 2.30. The van der Waals surface area contributed by atoms with Gasteiger partial charge in [-0.1, -0.05) is 50.7 Å². The zero-order valence-corrected chi connectivity index (χ0v) is 15.5. The molecule has 1 atom stereocenters. The van der Waals surface area contributed by atoms with Crippen molar-refractivity contribution < 1.29 is 14.6 Å². The number of aryl methyl sites for hydroxylation is 1. The Kier molecular flexibility index (Phi) is 5.06. The van der Waals surface area contributed by atoms with Gasteiger partial charge in [-0.3, -0.25) is 0 Å². The molecule has 0 amide bonds. The number of hydrogen-bond donors (Lipinski definition) is 1. The van der Waals surface area contributed by atoms with Crippen molar-refractivity contribution in [3.8, 4) is 5.75 Å². The van der Waals surface area contributed by atoms with E-state index in [4.69, 9.17) is 9.47 Å². The molecular weight excluding hydrogens is 312 g/mol. The molecule has 0 bridgehead atoms. The maximum atomic E-state index is 9.86. The summed E-state index contributed by atoms with van der Waals surface area (Å²) in [6.45, 7) is 2.12. The first kappa shape index (κ1) is 17.4. The molecular formula is C22H32O3. The molecule has 0 aromatic heterocycles.